The maximum Gasteiger partial charge on any atom is 0.268 e. The van der Waals surface area contributed by atoms with Crippen molar-refractivity contribution >= 4 is 51.9 Å². The number of alkyl halides is 1. The van der Waals surface area contributed by atoms with E-state index in [-0.39, 0.29) is 41.7 Å². The number of ketones is 1. The fourth-order valence-electron chi connectivity index (χ4n) is 6.33. The van der Waals surface area contributed by atoms with E-state index in [4.69, 9.17) is 11.6 Å². The van der Waals surface area contributed by atoms with Crippen molar-refractivity contribution in [3.05, 3.63) is 35.5 Å². The zero-order chi connectivity index (χ0) is 31.6. The van der Waals surface area contributed by atoms with Crippen LogP contribution < -0.4 is 16.0 Å². The Morgan fingerprint density at radius 1 is 1.14 bits per heavy atom. The third kappa shape index (κ3) is 6.89. The van der Waals surface area contributed by atoms with Crippen LogP contribution in [0.25, 0.3) is 10.9 Å². The Labute approximate surface area is 258 Å². The number of halogens is 1. The highest BCUT2D eigenvalue weighted by Gasteiger charge is 2.53. The molecule has 0 spiro atoms. The normalized spacial score (nSPS) is 22.8. The van der Waals surface area contributed by atoms with Crippen LogP contribution in [0.4, 0.5) is 0 Å². The summed E-state index contributed by atoms with van der Waals surface area (Å²) in [6, 6.07) is 4.87. The van der Waals surface area contributed by atoms with E-state index < -0.39 is 41.3 Å². The van der Waals surface area contributed by atoms with Gasteiger partial charge in [0, 0.05) is 29.9 Å². The molecule has 0 aliphatic carbocycles. The summed E-state index contributed by atoms with van der Waals surface area (Å²) >= 11 is 5.88. The van der Waals surface area contributed by atoms with Crippen molar-refractivity contribution in [2.24, 2.45) is 23.2 Å². The minimum atomic E-state index is -0.945. The first-order chi connectivity index (χ1) is 20.2. The first-order valence-electron chi connectivity index (χ1n) is 15.1. The summed E-state index contributed by atoms with van der Waals surface area (Å²) in [6.45, 7) is 12.6. The number of hydrogen-bond acceptors (Lipinski definition) is 5. The van der Waals surface area contributed by atoms with Gasteiger partial charge in [0.1, 0.15) is 17.8 Å². The maximum atomic E-state index is 14.2. The Morgan fingerprint density at radius 2 is 1.86 bits per heavy atom. The lowest BCUT2D eigenvalue weighted by atomic mass is 9.77. The van der Waals surface area contributed by atoms with E-state index in [0.717, 1.165) is 16.5 Å². The van der Waals surface area contributed by atoms with Gasteiger partial charge in [-0.3, -0.25) is 24.0 Å². The molecule has 43 heavy (non-hydrogen) atoms. The van der Waals surface area contributed by atoms with E-state index in [0.29, 0.717) is 31.6 Å². The molecule has 3 heterocycles. The predicted molar refractivity (Wildman–Crippen MR) is 166 cm³/mol. The summed E-state index contributed by atoms with van der Waals surface area (Å²) in [5.41, 5.74) is 1.60. The van der Waals surface area contributed by atoms with Gasteiger partial charge in [-0.25, -0.2) is 0 Å². The highest BCUT2D eigenvalue weighted by Crippen LogP contribution is 2.41. The monoisotopic (exact) mass is 613 g/mol. The molecular weight excluding hydrogens is 570 g/mol. The number of hydrogen-bond donors (Lipinski definition) is 4. The molecule has 5 atom stereocenters. The summed E-state index contributed by atoms with van der Waals surface area (Å²) in [5, 5.41) is 9.47. The molecule has 4 amide bonds. The molecule has 2 aliphatic heterocycles. The number of aryl methyl sites for hydroxylation is 1. The molecule has 0 saturated carbocycles. The molecular formula is C32H44ClN5O5. The molecule has 2 aromatic rings. The zero-order valence-corrected chi connectivity index (χ0v) is 26.6. The van der Waals surface area contributed by atoms with Crippen molar-refractivity contribution in [2.75, 3.05) is 19.0 Å². The Kier molecular flexibility index (Phi) is 9.89. The number of Topliss-reactive ketones (excluding diaryl/α,β-unsaturated/α-hetero) is 1. The number of nitrogens with one attached hydrogen (secondary N) is 4. The first kappa shape index (κ1) is 32.5. The molecule has 2 fully saturated rings. The molecule has 2 aliphatic rings. The predicted octanol–water partition coefficient (Wildman–Crippen LogP) is 3.31. The average Bonchev–Trinajstić information content (AvgIpc) is 3.63. The molecule has 1 unspecified atom stereocenters. The minimum absolute atomic E-state index is 0.0397. The van der Waals surface area contributed by atoms with Gasteiger partial charge in [-0.1, -0.05) is 46.8 Å². The van der Waals surface area contributed by atoms with Crippen LogP contribution in [-0.4, -0.2) is 76.4 Å². The largest absolute Gasteiger partial charge is 0.356 e. The van der Waals surface area contributed by atoms with Crippen molar-refractivity contribution in [2.45, 2.75) is 78.9 Å². The number of nitrogens with zero attached hydrogens (tertiary/aromatic N) is 1. The lowest BCUT2D eigenvalue weighted by Gasteiger charge is -2.35. The topological polar surface area (TPSA) is 140 Å². The van der Waals surface area contributed by atoms with Gasteiger partial charge < -0.3 is 25.8 Å². The number of aromatic nitrogens is 1. The number of likely N-dealkylation sites (tertiary alicyclic amines) is 1. The summed E-state index contributed by atoms with van der Waals surface area (Å²) in [5.74, 6) is -2.39. The summed E-state index contributed by atoms with van der Waals surface area (Å²) in [6.07, 6.45) is 1.10. The van der Waals surface area contributed by atoms with Crippen molar-refractivity contribution in [1.82, 2.24) is 25.8 Å². The standard InChI is InChI=1S/C32H44ClN5O5/c1-17(2)12-25(37-29(41)24-14-21-18(3)8-7-9-22(21)35-24)31(43)38-16-19(4)32(5,6)27(38)30(42)36-23(26(39)15-33)13-20-10-11-34-28(20)40/h7-9,14,17,19-20,23,25,27,35H,10-13,15-16H2,1-6H3,(H,34,40)(H,36,42)(H,37,41)/t19-,20?,23+,25+,27-/m1/s1. The number of amides is 4. The molecule has 0 radical (unpaired) electrons. The Hall–Kier alpha value is -3.40. The summed E-state index contributed by atoms with van der Waals surface area (Å²) in [4.78, 5) is 71.2. The summed E-state index contributed by atoms with van der Waals surface area (Å²) in [7, 11) is 0. The second-order valence-corrected chi connectivity index (χ2v) is 13.4. The van der Waals surface area contributed by atoms with Gasteiger partial charge in [-0.05, 0) is 61.1 Å². The third-order valence-electron chi connectivity index (χ3n) is 9.25. The van der Waals surface area contributed by atoms with Gasteiger partial charge in [0.25, 0.3) is 5.91 Å². The third-order valence-corrected chi connectivity index (χ3v) is 9.51. The number of H-pyrrole nitrogens is 1. The van der Waals surface area contributed by atoms with Crippen LogP contribution in [0.15, 0.2) is 24.3 Å². The van der Waals surface area contributed by atoms with Crippen molar-refractivity contribution in [3.8, 4) is 0 Å². The SMILES string of the molecule is Cc1cccc2[nH]c(C(=O)N[C@@H](CC(C)C)C(=O)N3C[C@@H](C)C(C)(C)[C@H]3C(=O)N[C@@H](CC3CCNC3=O)C(=O)CCl)cc12. The number of rotatable bonds is 11. The molecule has 1 aromatic heterocycles. The number of carbonyl (C=O) groups excluding carboxylic acids is 5. The quantitative estimate of drug-likeness (QED) is 0.288. The van der Waals surface area contributed by atoms with Crippen LogP contribution in [0.2, 0.25) is 0 Å². The van der Waals surface area contributed by atoms with Crippen LogP contribution >= 0.6 is 11.6 Å². The van der Waals surface area contributed by atoms with Crippen LogP contribution in [0, 0.1) is 30.1 Å². The maximum absolute atomic E-state index is 14.2. The van der Waals surface area contributed by atoms with Gasteiger partial charge in [-0.15, -0.1) is 11.6 Å². The second-order valence-electron chi connectivity index (χ2n) is 13.2. The zero-order valence-electron chi connectivity index (χ0n) is 25.9. The highest BCUT2D eigenvalue weighted by atomic mass is 35.5. The Balaban J connectivity index is 1.58. The average molecular weight is 614 g/mol. The van der Waals surface area contributed by atoms with E-state index in [2.05, 4.69) is 20.9 Å². The molecule has 0 bridgehead atoms. The first-order valence-corrected chi connectivity index (χ1v) is 15.6. The van der Waals surface area contributed by atoms with Gasteiger partial charge in [0.2, 0.25) is 17.7 Å². The Morgan fingerprint density at radius 3 is 2.47 bits per heavy atom. The van der Waals surface area contributed by atoms with Crippen LogP contribution in [0.3, 0.4) is 0 Å². The lowest BCUT2D eigenvalue weighted by Crippen LogP contribution is -2.58. The van der Waals surface area contributed by atoms with Gasteiger partial charge in [0.05, 0.1) is 11.9 Å². The second kappa shape index (κ2) is 13.1. The minimum Gasteiger partial charge on any atom is -0.356 e. The molecule has 2 saturated heterocycles. The summed E-state index contributed by atoms with van der Waals surface area (Å²) < 4.78 is 0. The molecule has 4 N–H and O–H groups in total. The molecule has 10 nitrogen and oxygen atoms in total. The highest BCUT2D eigenvalue weighted by molar-refractivity contribution is 6.28. The molecule has 4 rings (SSSR count). The van der Waals surface area contributed by atoms with E-state index in [1.807, 2.05) is 59.7 Å². The number of aromatic amines is 1. The Bertz CT molecular complexity index is 1400. The lowest BCUT2D eigenvalue weighted by molar-refractivity contribution is -0.143. The number of carbonyl (C=O) groups is 5. The fraction of sp³-hybridized carbons (Fsp3) is 0.594. The van der Waals surface area contributed by atoms with Crippen LogP contribution in [0.1, 0.15) is 69.9 Å². The van der Waals surface area contributed by atoms with E-state index in [1.54, 1.807) is 11.0 Å². The molecule has 11 heteroatoms. The van der Waals surface area contributed by atoms with Crippen LogP contribution in [0.5, 0.6) is 0 Å². The smallest absolute Gasteiger partial charge is 0.268 e. The number of benzene rings is 1. The van der Waals surface area contributed by atoms with Gasteiger partial charge >= 0.3 is 0 Å². The van der Waals surface area contributed by atoms with Gasteiger partial charge in [-0.2, -0.15) is 0 Å². The van der Waals surface area contributed by atoms with Crippen molar-refractivity contribution < 1.29 is 24.0 Å². The molecule has 1 aromatic carbocycles. The van der Waals surface area contributed by atoms with Crippen molar-refractivity contribution in [3.63, 3.8) is 0 Å². The number of fused-ring (bicyclic) bond motifs is 1. The molecule has 234 valence electrons. The van der Waals surface area contributed by atoms with E-state index >= 15 is 0 Å². The van der Waals surface area contributed by atoms with Crippen molar-refractivity contribution in [1.29, 1.82) is 0 Å². The fourth-order valence-corrected chi connectivity index (χ4v) is 6.52. The van der Waals surface area contributed by atoms with E-state index in [1.165, 1.54) is 0 Å². The van der Waals surface area contributed by atoms with Crippen LogP contribution in [-0.2, 0) is 19.2 Å². The van der Waals surface area contributed by atoms with E-state index in [9.17, 15) is 24.0 Å². The van der Waals surface area contributed by atoms with Gasteiger partial charge in [0.15, 0.2) is 5.78 Å².